The van der Waals surface area contributed by atoms with Crippen LogP contribution in [0, 0.1) is 11.8 Å². The summed E-state index contributed by atoms with van der Waals surface area (Å²) in [7, 11) is 1.39. The van der Waals surface area contributed by atoms with Crippen molar-refractivity contribution in [2.75, 3.05) is 12.9 Å². The SMILES string of the molecule is COC(=O)c1ccc(CCC[C@@H]2[C@@H](CSc3cc(Cl)cc(Cl)c3)[C@H](O)C[C@H]2Cl)s1. The molecule has 3 nitrogen and oxygen atoms in total. The van der Waals surface area contributed by atoms with E-state index in [0.717, 1.165) is 34.8 Å². The van der Waals surface area contributed by atoms with Gasteiger partial charge in [0, 0.05) is 30.9 Å². The van der Waals surface area contributed by atoms with Crippen molar-refractivity contribution in [3.8, 4) is 0 Å². The van der Waals surface area contributed by atoms with Crippen LogP contribution in [-0.4, -0.2) is 35.4 Å². The van der Waals surface area contributed by atoms with Gasteiger partial charge in [0.05, 0.1) is 13.2 Å². The average Bonchev–Trinajstić information content (AvgIpc) is 3.23. The fraction of sp³-hybridized carbons (Fsp3) is 0.476. The third-order valence-electron chi connectivity index (χ3n) is 5.26. The second-order valence-corrected chi connectivity index (χ2v) is 10.9. The maximum Gasteiger partial charge on any atom is 0.348 e. The summed E-state index contributed by atoms with van der Waals surface area (Å²) in [5.74, 6) is 0.874. The number of hydrogen-bond donors (Lipinski definition) is 1. The summed E-state index contributed by atoms with van der Waals surface area (Å²) >= 11 is 21.9. The second kappa shape index (κ2) is 10.7. The van der Waals surface area contributed by atoms with Crippen molar-refractivity contribution in [1.82, 2.24) is 0 Å². The number of esters is 1. The summed E-state index contributed by atoms with van der Waals surface area (Å²) < 4.78 is 4.76. The Morgan fingerprint density at radius 1 is 1.24 bits per heavy atom. The number of halogens is 3. The molecule has 0 saturated heterocycles. The van der Waals surface area contributed by atoms with E-state index in [0.29, 0.717) is 21.3 Å². The van der Waals surface area contributed by atoms with E-state index in [1.807, 2.05) is 24.3 Å². The molecule has 0 aliphatic heterocycles. The summed E-state index contributed by atoms with van der Waals surface area (Å²) in [6.45, 7) is 0. The highest BCUT2D eigenvalue weighted by Gasteiger charge is 2.40. The number of benzene rings is 1. The Morgan fingerprint density at radius 2 is 1.97 bits per heavy atom. The average molecular weight is 494 g/mol. The summed E-state index contributed by atoms with van der Waals surface area (Å²) in [6.07, 6.45) is 3.03. The molecule has 1 aliphatic rings. The molecule has 158 valence electrons. The number of ether oxygens (including phenoxy) is 1. The van der Waals surface area contributed by atoms with Gasteiger partial charge in [0.2, 0.25) is 0 Å². The van der Waals surface area contributed by atoms with Gasteiger partial charge in [-0.25, -0.2) is 4.79 Å². The predicted octanol–water partition coefficient (Wildman–Crippen LogP) is 6.56. The highest BCUT2D eigenvalue weighted by molar-refractivity contribution is 7.99. The number of carbonyl (C=O) groups is 1. The fourth-order valence-electron chi connectivity index (χ4n) is 3.80. The van der Waals surface area contributed by atoms with Crippen LogP contribution in [0.25, 0.3) is 0 Å². The van der Waals surface area contributed by atoms with Gasteiger partial charge in [-0.15, -0.1) is 34.7 Å². The Bertz CT molecular complexity index is 822. The van der Waals surface area contributed by atoms with E-state index < -0.39 is 6.10 Å². The topological polar surface area (TPSA) is 46.5 Å². The molecular formula is C21H23Cl3O3S2. The van der Waals surface area contributed by atoms with Gasteiger partial charge < -0.3 is 9.84 Å². The standard InChI is InChI=1S/C21H23Cl3O3S2/c1-27-21(26)20-6-5-14(29-20)3-2-4-16-17(19(25)10-18(16)24)11-28-15-8-12(22)7-13(23)9-15/h5-9,16-19,25H,2-4,10-11H2,1H3/t16-,17-,18-,19-/m1/s1. The molecule has 1 aromatic heterocycles. The Balaban J connectivity index is 1.55. The van der Waals surface area contributed by atoms with Gasteiger partial charge >= 0.3 is 5.97 Å². The lowest BCUT2D eigenvalue weighted by Crippen LogP contribution is -2.23. The molecule has 1 fully saturated rings. The molecule has 0 spiro atoms. The van der Waals surface area contributed by atoms with Gasteiger partial charge in [0.25, 0.3) is 0 Å². The molecule has 1 N–H and O–H groups in total. The maximum atomic E-state index is 11.6. The first kappa shape index (κ1) is 23.2. The molecule has 3 rings (SSSR count). The number of aryl methyl sites for hydroxylation is 1. The van der Waals surface area contributed by atoms with Crippen LogP contribution in [0.2, 0.25) is 10.0 Å². The van der Waals surface area contributed by atoms with Crippen molar-refractivity contribution >= 4 is 63.9 Å². The molecular weight excluding hydrogens is 471 g/mol. The monoisotopic (exact) mass is 492 g/mol. The van der Waals surface area contributed by atoms with E-state index in [1.165, 1.54) is 18.4 Å². The fourth-order valence-corrected chi connectivity index (χ4v) is 7.20. The van der Waals surface area contributed by atoms with E-state index in [4.69, 9.17) is 39.5 Å². The van der Waals surface area contributed by atoms with E-state index in [1.54, 1.807) is 17.8 Å². The second-order valence-electron chi connectivity index (χ2n) is 7.21. The first-order valence-electron chi connectivity index (χ1n) is 9.45. The molecule has 29 heavy (non-hydrogen) atoms. The number of aliphatic hydroxyl groups excluding tert-OH is 1. The number of alkyl halides is 1. The van der Waals surface area contributed by atoms with Crippen LogP contribution < -0.4 is 0 Å². The van der Waals surface area contributed by atoms with Crippen LogP contribution in [-0.2, 0) is 11.2 Å². The Hall–Kier alpha value is -0.430. The van der Waals surface area contributed by atoms with Gasteiger partial charge in [-0.05, 0) is 67.9 Å². The van der Waals surface area contributed by atoms with Gasteiger partial charge in [-0.2, -0.15) is 0 Å². The van der Waals surface area contributed by atoms with Crippen LogP contribution in [0.15, 0.2) is 35.2 Å². The third-order valence-corrected chi connectivity index (χ3v) is 8.45. The molecule has 0 bridgehead atoms. The first-order valence-corrected chi connectivity index (χ1v) is 12.4. The van der Waals surface area contributed by atoms with Crippen LogP contribution in [0.4, 0.5) is 0 Å². The molecule has 8 heteroatoms. The molecule has 1 aliphatic carbocycles. The van der Waals surface area contributed by atoms with Crippen molar-refractivity contribution < 1.29 is 14.6 Å². The molecule has 1 aromatic carbocycles. The summed E-state index contributed by atoms with van der Waals surface area (Å²) in [5, 5.41) is 11.7. The normalized spacial score (nSPS) is 24.0. The molecule has 4 atom stereocenters. The minimum atomic E-state index is -0.391. The number of rotatable bonds is 8. The molecule has 0 unspecified atom stereocenters. The van der Waals surface area contributed by atoms with Crippen molar-refractivity contribution in [2.45, 2.75) is 42.1 Å². The molecule has 0 radical (unpaired) electrons. The van der Waals surface area contributed by atoms with Crippen molar-refractivity contribution in [1.29, 1.82) is 0 Å². The summed E-state index contributed by atoms with van der Waals surface area (Å²) in [5.41, 5.74) is 0. The molecule has 2 aromatic rings. The minimum Gasteiger partial charge on any atom is -0.465 e. The third kappa shape index (κ3) is 6.28. The van der Waals surface area contributed by atoms with Gasteiger partial charge in [0.15, 0.2) is 0 Å². The zero-order chi connectivity index (χ0) is 21.0. The summed E-state index contributed by atoms with van der Waals surface area (Å²) in [6, 6.07) is 9.29. The predicted molar refractivity (Wildman–Crippen MR) is 123 cm³/mol. The molecule has 0 amide bonds. The van der Waals surface area contributed by atoms with E-state index in [9.17, 15) is 9.90 Å². The largest absolute Gasteiger partial charge is 0.465 e. The Labute approximate surface area is 194 Å². The van der Waals surface area contributed by atoms with E-state index in [2.05, 4.69) is 0 Å². The van der Waals surface area contributed by atoms with Crippen LogP contribution in [0.5, 0.6) is 0 Å². The highest BCUT2D eigenvalue weighted by Crippen LogP contribution is 2.42. The minimum absolute atomic E-state index is 0.0208. The molecule has 1 heterocycles. The number of carbonyl (C=O) groups excluding carboxylic acids is 1. The van der Waals surface area contributed by atoms with Crippen LogP contribution in [0.3, 0.4) is 0 Å². The van der Waals surface area contributed by atoms with Crippen LogP contribution >= 0.6 is 57.9 Å². The number of thiophene rings is 1. The highest BCUT2D eigenvalue weighted by atomic mass is 35.5. The van der Waals surface area contributed by atoms with E-state index >= 15 is 0 Å². The van der Waals surface area contributed by atoms with Gasteiger partial charge in [-0.3, -0.25) is 0 Å². The first-order chi connectivity index (χ1) is 13.9. The number of methoxy groups -OCH3 is 1. The van der Waals surface area contributed by atoms with E-state index in [-0.39, 0.29) is 23.2 Å². The quantitative estimate of drug-likeness (QED) is 0.257. The lowest BCUT2D eigenvalue weighted by atomic mass is 9.91. The lowest BCUT2D eigenvalue weighted by molar-refractivity contribution is 0.0606. The Kier molecular flexibility index (Phi) is 8.61. The number of thioether (sulfide) groups is 1. The Morgan fingerprint density at radius 3 is 2.66 bits per heavy atom. The smallest absolute Gasteiger partial charge is 0.348 e. The van der Waals surface area contributed by atoms with Crippen molar-refractivity contribution in [3.63, 3.8) is 0 Å². The van der Waals surface area contributed by atoms with Gasteiger partial charge in [-0.1, -0.05) is 23.2 Å². The maximum absolute atomic E-state index is 11.6. The van der Waals surface area contributed by atoms with Crippen molar-refractivity contribution in [3.05, 3.63) is 50.1 Å². The lowest BCUT2D eigenvalue weighted by Gasteiger charge is -2.23. The zero-order valence-electron chi connectivity index (χ0n) is 15.9. The van der Waals surface area contributed by atoms with Crippen LogP contribution in [0.1, 0.15) is 33.8 Å². The number of hydrogen-bond acceptors (Lipinski definition) is 5. The van der Waals surface area contributed by atoms with Gasteiger partial charge in [0.1, 0.15) is 4.88 Å². The summed E-state index contributed by atoms with van der Waals surface area (Å²) in [4.78, 5) is 14.4. The molecule has 1 saturated carbocycles. The van der Waals surface area contributed by atoms with Crippen molar-refractivity contribution in [2.24, 2.45) is 11.8 Å². The zero-order valence-corrected chi connectivity index (χ0v) is 19.8. The number of aliphatic hydroxyl groups is 1.